The summed E-state index contributed by atoms with van der Waals surface area (Å²) in [4.78, 5) is 26.2. The summed E-state index contributed by atoms with van der Waals surface area (Å²) in [5.74, 6) is -1.75. The van der Waals surface area contributed by atoms with E-state index in [2.05, 4.69) is 5.10 Å². The lowest BCUT2D eigenvalue weighted by molar-refractivity contribution is -0.149. The summed E-state index contributed by atoms with van der Waals surface area (Å²) in [6.07, 6.45) is -2.77. The number of alkyl halides is 3. The van der Waals surface area contributed by atoms with Crippen LogP contribution in [0.1, 0.15) is 41.4 Å². The SMILES string of the molecule is CCOC(=O)[C@H]1CCCN(C(=O)c2cnn(-c3ccccc3C)c2C(F)(F)F)C1. The van der Waals surface area contributed by atoms with Crippen molar-refractivity contribution in [2.24, 2.45) is 5.92 Å². The number of amides is 1. The molecule has 3 rings (SSSR count). The molecule has 0 saturated carbocycles. The Labute approximate surface area is 166 Å². The number of carbonyl (C=O) groups is 2. The van der Waals surface area contributed by atoms with Crippen LogP contribution in [0.3, 0.4) is 0 Å². The molecule has 1 saturated heterocycles. The van der Waals surface area contributed by atoms with Crippen molar-refractivity contribution in [1.82, 2.24) is 14.7 Å². The highest BCUT2D eigenvalue weighted by atomic mass is 19.4. The van der Waals surface area contributed by atoms with Gasteiger partial charge in [0.2, 0.25) is 0 Å². The molecule has 2 heterocycles. The molecular formula is C20H22F3N3O3. The number of ether oxygens (including phenoxy) is 1. The molecule has 0 N–H and O–H groups in total. The van der Waals surface area contributed by atoms with Gasteiger partial charge in [-0.25, -0.2) is 4.68 Å². The maximum absolute atomic E-state index is 13.9. The number of rotatable bonds is 4. The predicted octanol–water partition coefficient (Wildman–Crippen LogP) is 3.61. The quantitative estimate of drug-likeness (QED) is 0.724. The molecule has 9 heteroatoms. The largest absolute Gasteiger partial charge is 0.466 e. The molecule has 29 heavy (non-hydrogen) atoms. The van der Waals surface area contributed by atoms with Crippen molar-refractivity contribution in [2.75, 3.05) is 19.7 Å². The Morgan fingerprint density at radius 3 is 2.66 bits per heavy atom. The Morgan fingerprint density at radius 1 is 1.28 bits per heavy atom. The number of aryl methyl sites for hydroxylation is 1. The van der Waals surface area contributed by atoms with Gasteiger partial charge in [0.1, 0.15) is 0 Å². The van der Waals surface area contributed by atoms with E-state index in [1.165, 1.54) is 11.0 Å². The predicted molar refractivity (Wildman–Crippen MR) is 98.6 cm³/mol. The van der Waals surface area contributed by atoms with Gasteiger partial charge in [-0.05, 0) is 38.3 Å². The van der Waals surface area contributed by atoms with Gasteiger partial charge in [-0.15, -0.1) is 0 Å². The molecule has 1 aromatic carbocycles. The first-order valence-electron chi connectivity index (χ1n) is 9.41. The standard InChI is InChI=1S/C20H22F3N3O3/c1-3-29-19(28)14-8-6-10-25(12-14)18(27)15-11-24-26(17(15)20(21,22)23)16-9-5-4-7-13(16)2/h4-5,7,9,11,14H,3,6,8,10,12H2,1-2H3/t14-/m0/s1. The van der Waals surface area contributed by atoms with Crippen molar-refractivity contribution in [3.05, 3.63) is 47.3 Å². The van der Waals surface area contributed by atoms with E-state index < -0.39 is 35.2 Å². The lowest BCUT2D eigenvalue weighted by atomic mass is 9.97. The van der Waals surface area contributed by atoms with E-state index in [1.807, 2.05) is 0 Å². The molecule has 1 aliphatic heterocycles. The number of hydrogen-bond acceptors (Lipinski definition) is 4. The molecule has 0 radical (unpaired) electrons. The van der Waals surface area contributed by atoms with Gasteiger partial charge >= 0.3 is 12.1 Å². The minimum atomic E-state index is -4.78. The monoisotopic (exact) mass is 409 g/mol. The van der Waals surface area contributed by atoms with E-state index in [-0.39, 0.29) is 25.4 Å². The van der Waals surface area contributed by atoms with Crippen LogP contribution in [0.25, 0.3) is 5.69 Å². The second-order valence-electron chi connectivity index (χ2n) is 6.95. The zero-order valence-electron chi connectivity index (χ0n) is 16.2. The van der Waals surface area contributed by atoms with Gasteiger partial charge in [-0.1, -0.05) is 18.2 Å². The fourth-order valence-electron chi connectivity index (χ4n) is 3.55. The fourth-order valence-corrected chi connectivity index (χ4v) is 3.55. The lowest BCUT2D eigenvalue weighted by Gasteiger charge is -2.31. The topological polar surface area (TPSA) is 64.4 Å². The van der Waals surface area contributed by atoms with E-state index in [4.69, 9.17) is 4.74 Å². The number of piperidine rings is 1. The van der Waals surface area contributed by atoms with Gasteiger partial charge in [-0.2, -0.15) is 18.3 Å². The average molecular weight is 409 g/mol. The van der Waals surface area contributed by atoms with E-state index in [0.29, 0.717) is 18.4 Å². The molecule has 1 amide bonds. The molecule has 1 aliphatic rings. The summed E-state index contributed by atoms with van der Waals surface area (Å²) < 4.78 is 47.4. The Morgan fingerprint density at radius 2 is 2.00 bits per heavy atom. The first kappa shape index (κ1) is 20.9. The van der Waals surface area contributed by atoms with E-state index >= 15 is 0 Å². The fraction of sp³-hybridized carbons (Fsp3) is 0.450. The number of carbonyl (C=O) groups excluding carboxylic acids is 2. The Bertz CT molecular complexity index is 908. The molecule has 0 aliphatic carbocycles. The van der Waals surface area contributed by atoms with E-state index in [9.17, 15) is 22.8 Å². The minimum absolute atomic E-state index is 0.0323. The van der Waals surface area contributed by atoms with Crippen LogP contribution >= 0.6 is 0 Å². The second kappa shape index (κ2) is 8.26. The highest BCUT2D eigenvalue weighted by Gasteiger charge is 2.42. The molecule has 6 nitrogen and oxygen atoms in total. The molecule has 1 fully saturated rings. The highest BCUT2D eigenvalue weighted by Crippen LogP contribution is 2.35. The third-order valence-electron chi connectivity index (χ3n) is 4.94. The molecule has 2 aromatic rings. The first-order chi connectivity index (χ1) is 13.7. The normalized spacial score (nSPS) is 17.3. The number of likely N-dealkylation sites (tertiary alicyclic amines) is 1. The van der Waals surface area contributed by atoms with Crippen molar-refractivity contribution in [3.63, 3.8) is 0 Å². The van der Waals surface area contributed by atoms with Gasteiger partial charge < -0.3 is 9.64 Å². The molecule has 1 aromatic heterocycles. The van der Waals surface area contributed by atoms with Crippen LogP contribution < -0.4 is 0 Å². The van der Waals surface area contributed by atoms with Crippen molar-refractivity contribution in [1.29, 1.82) is 0 Å². The van der Waals surface area contributed by atoms with Crippen LogP contribution in [0.2, 0.25) is 0 Å². The molecule has 0 unspecified atom stereocenters. The number of esters is 1. The molecule has 0 spiro atoms. The van der Waals surface area contributed by atoms with Crippen molar-refractivity contribution in [3.8, 4) is 5.69 Å². The zero-order chi connectivity index (χ0) is 21.2. The number of para-hydroxylation sites is 1. The van der Waals surface area contributed by atoms with Gasteiger partial charge in [0.05, 0.1) is 30.0 Å². The Hall–Kier alpha value is -2.84. The summed E-state index contributed by atoms with van der Waals surface area (Å²) >= 11 is 0. The number of halogens is 3. The van der Waals surface area contributed by atoms with E-state index in [1.54, 1.807) is 32.0 Å². The summed E-state index contributed by atoms with van der Waals surface area (Å²) in [5.41, 5.74) is -0.789. The van der Waals surface area contributed by atoms with Gasteiger partial charge in [0.15, 0.2) is 5.69 Å². The third kappa shape index (κ3) is 4.28. The Balaban J connectivity index is 1.95. The van der Waals surface area contributed by atoms with Crippen LogP contribution in [0.4, 0.5) is 13.2 Å². The summed E-state index contributed by atoms with van der Waals surface area (Å²) in [5, 5.41) is 3.87. The van der Waals surface area contributed by atoms with Gasteiger partial charge in [0.25, 0.3) is 5.91 Å². The van der Waals surface area contributed by atoms with Crippen molar-refractivity contribution < 1.29 is 27.5 Å². The molecule has 0 bridgehead atoms. The molecular weight excluding hydrogens is 387 g/mol. The van der Waals surface area contributed by atoms with Gasteiger partial charge in [0, 0.05) is 13.1 Å². The summed E-state index contributed by atoms with van der Waals surface area (Å²) in [6, 6.07) is 6.52. The lowest BCUT2D eigenvalue weighted by Crippen LogP contribution is -2.43. The number of nitrogens with zero attached hydrogens (tertiary/aromatic N) is 3. The third-order valence-corrected chi connectivity index (χ3v) is 4.94. The maximum atomic E-state index is 13.9. The van der Waals surface area contributed by atoms with Gasteiger partial charge in [-0.3, -0.25) is 9.59 Å². The van der Waals surface area contributed by atoms with E-state index in [0.717, 1.165) is 10.9 Å². The van der Waals surface area contributed by atoms with Crippen LogP contribution in [0, 0.1) is 12.8 Å². The van der Waals surface area contributed by atoms with Crippen LogP contribution in [0.15, 0.2) is 30.5 Å². The summed E-state index contributed by atoms with van der Waals surface area (Å²) in [7, 11) is 0. The molecule has 1 atom stereocenters. The number of aromatic nitrogens is 2. The molecule has 156 valence electrons. The van der Waals surface area contributed by atoms with Crippen LogP contribution in [-0.4, -0.2) is 46.3 Å². The smallest absolute Gasteiger partial charge is 0.434 e. The highest BCUT2D eigenvalue weighted by molar-refractivity contribution is 5.96. The van der Waals surface area contributed by atoms with Crippen molar-refractivity contribution in [2.45, 2.75) is 32.9 Å². The first-order valence-corrected chi connectivity index (χ1v) is 9.41. The zero-order valence-corrected chi connectivity index (χ0v) is 16.2. The maximum Gasteiger partial charge on any atom is 0.434 e. The number of hydrogen-bond donors (Lipinski definition) is 0. The summed E-state index contributed by atoms with van der Waals surface area (Å²) in [6.45, 7) is 3.88. The second-order valence-corrected chi connectivity index (χ2v) is 6.95. The van der Waals surface area contributed by atoms with Crippen molar-refractivity contribution >= 4 is 11.9 Å². The minimum Gasteiger partial charge on any atom is -0.466 e. The van der Waals surface area contributed by atoms with Crippen LogP contribution in [0.5, 0.6) is 0 Å². The number of benzene rings is 1. The van der Waals surface area contributed by atoms with Crippen LogP contribution in [-0.2, 0) is 15.7 Å². The Kier molecular flexibility index (Phi) is 5.95. The average Bonchev–Trinajstić information content (AvgIpc) is 3.13.